The van der Waals surface area contributed by atoms with Crippen molar-refractivity contribution in [1.29, 1.82) is 0 Å². The van der Waals surface area contributed by atoms with Gasteiger partial charge in [0.1, 0.15) is 6.04 Å². The molecule has 7 heteroatoms. The van der Waals surface area contributed by atoms with E-state index in [0.29, 0.717) is 13.1 Å². The molecule has 104 valence electrons. The Morgan fingerprint density at radius 2 is 2.21 bits per heavy atom. The van der Waals surface area contributed by atoms with Crippen molar-refractivity contribution in [3.05, 3.63) is 18.3 Å². The monoisotopic (exact) mass is 265 g/mol. The summed E-state index contributed by atoms with van der Waals surface area (Å²) in [5.74, 6) is 0.788. The number of nitrogens with zero attached hydrogens (tertiary/aromatic N) is 4. The Labute approximate surface area is 112 Å². The Kier molecular flexibility index (Phi) is 4.64. The molecule has 0 bridgehead atoms. The molecular weight excluding hydrogens is 246 g/mol. The summed E-state index contributed by atoms with van der Waals surface area (Å²) in [7, 11) is 1.54. The molecule has 1 amide bonds. The van der Waals surface area contributed by atoms with Gasteiger partial charge < -0.3 is 20.3 Å². The normalized spacial score (nSPS) is 17.4. The molecule has 1 aliphatic heterocycles. The van der Waals surface area contributed by atoms with Crippen LogP contribution >= 0.6 is 0 Å². The van der Waals surface area contributed by atoms with E-state index < -0.39 is 6.04 Å². The van der Waals surface area contributed by atoms with Crippen LogP contribution in [0.25, 0.3) is 0 Å². The van der Waals surface area contributed by atoms with Crippen LogP contribution in [-0.4, -0.2) is 66.9 Å². The minimum absolute atomic E-state index is 0.0550. The highest BCUT2D eigenvalue weighted by Crippen LogP contribution is 2.12. The van der Waals surface area contributed by atoms with Crippen LogP contribution in [0.5, 0.6) is 0 Å². The third kappa shape index (κ3) is 3.39. The summed E-state index contributed by atoms with van der Waals surface area (Å²) in [4.78, 5) is 15.9. The van der Waals surface area contributed by atoms with E-state index in [1.807, 2.05) is 12.1 Å². The Morgan fingerprint density at radius 3 is 2.79 bits per heavy atom. The summed E-state index contributed by atoms with van der Waals surface area (Å²) in [5, 5.41) is 7.92. The van der Waals surface area contributed by atoms with Crippen molar-refractivity contribution in [3.8, 4) is 0 Å². The zero-order chi connectivity index (χ0) is 13.7. The zero-order valence-corrected chi connectivity index (χ0v) is 11.0. The molecule has 2 heterocycles. The van der Waals surface area contributed by atoms with Gasteiger partial charge in [0.15, 0.2) is 5.82 Å². The number of nitrogens with two attached hydrogens (primary N) is 1. The summed E-state index contributed by atoms with van der Waals surface area (Å²) in [5.41, 5.74) is 5.75. The molecule has 0 aliphatic carbocycles. The third-order valence-corrected chi connectivity index (χ3v) is 3.14. The van der Waals surface area contributed by atoms with Gasteiger partial charge in [-0.3, -0.25) is 4.79 Å². The van der Waals surface area contributed by atoms with E-state index >= 15 is 0 Å². The van der Waals surface area contributed by atoms with Crippen molar-refractivity contribution >= 4 is 11.7 Å². The van der Waals surface area contributed by atoms with Gasteiger partial charge in [-0.1, -0.05) is 0 Å². The summed E-state index contributed by atoms with van der Waals surface area (Å²) in [6.45, 7) is 3.02. The van der Waals surface area contributed by atoms with Gasteiger partial charge in [0.25, 0.3) is 0 Å². The summed E-state index contributed by atoms with van der Waals surface area (Å²) < 4.78 is 4.90. The molecule has 7 nitrogen and oxygen atoms in total. The molecule has 1 fully saturated rings. The second-order valence-electron chi connectivity index (χ2n) is 4.46. The van der Waals surface area contributed by atoms with E-state index in [1.165, 1.54) is 0 Å². The van der Waals surface area contributed by atoms with Crippen LogP contribution < -0.4 is 10.6 Å². The lowest BCUT2D eigenvalue weighted by molar-refractivity contribution is -0.134. The first-order valence-corrected chi connectivity index (χ1v) is 6.28. The van der Waals surface area contributed by atoms with Crippen molar-refractivity contribution < 1.29 is 9.53 Å². The first kappa shape index (κ1) is 13.7. The standard InChI is InChI=1S/C12H19N5O2/c1-19-9-10(13)12(18)17-7-5-16(6-8-17)11-3-2-4-14-15-11/h2-4,10H,5-9,13H2,1H3. The number of carbonyl (C=O) groups excluding carboxylic acids is 1. The lowest BCUT2D eigenvalue weighted by Crippen LogP contribution is -2.54. The van der Waals surface area contributed by atoms with Crippen molar-refractivity contribution in [2.24, 2.45) is 5.73 Å². The number of methoxy groups -OCH3 is 1. The summed E-state index contributed by atoms with van der Waals surface area (Å²) in [6.07, 6.45) is 1.65. The molecule has 19 heavy (non-hydrogen) atoms. The van der Waals surface area contributed by atoms with Crippen LogP contribution in [0.15, 0.2) is 18.3 Å². The molecule has 2 rings (SSSR count). The van der Waals surface area contributed by atoms with Crippen molar-refractivity contribution in [2.45, 2.75) is 6.04 Å². The van der Waals surface area contributed by atoms with Crippen LogP contribution in [0.4, 0.5) is 5.82 Å². The van der Waals surface area contributed by atoms with Gasteiger partial charge in [0.05, 0.1) is 6.61 Å². The smallest absolute Gasteiger partial charge is 0.241 e. The average Bonchev–Trinajstić information content (AvgIpc) is 2.48. The Bertz CT molecular complexity index is 406. The van der Waals surface area contributed by atoms with E-state index in [1.54, 1.807) is 18.2 Å². The first-order chi connectivity index (χ1) is 9.22. The Hall–Kier alpha value is -1.73. The summed E-state index contributed by atoms with van der Waals surface area (Å²) in [6, 6.07) is 3.20. The lowest BCUT2D eigenvalue weighted by atomic mass is 10.2. The molecule has 0 saturated carbocycles. The molecule has 1 unspecified atom stereocenters. The van der Waals surface area contributed by atoms with Gasteiger partial charge in [-0.2, -0.15) is 5.10 Å². The third-order valence-electron chi connectivity index (χ3n) is 3.14. The fourth-order valence-corrected chi connectivity index (χ4v) is 2.10. The topological polar surface area (TPSA) is 84.6 Å². The van der Waals surface area contributed by atoms with Crippen LogP contribution in [0.1, 0.15) is 0 Å². The molecule has 0 aromatic carbocycles. The zero-order valence-electron chi connectivity index (χ0n) is 11.0. The number of ether oxygens (including phenoxy) is 1. The molecule has 0 radical (unpaired) electrons. The lowest BCUT2D eigenvalue weighted by Gasteiger charge is -2.36. The fraction of sp³-hybridized carbons (Fsp3) is 0.583. The predicted molar refractivity (Wildman–Crippen MR) is 70.7 cm³/mol. The number of amides is 1. The van der Waals surface area contributed by atoms with Crippen LogP contribution in [-0.2, 0) is 9.53 Å². The minimum atomic E-state index is -0.576. The van der Waals surface area contributed by atoms with E-state index in [2.05, 4.69) is 15.1 Å². The number of anilines is 1. The largest absolute Gasteiger partial charge is 0.383 e. The van der Waals surface area contributed by atoms with Gasteiger partial charge in [-0.25, -0.2) is 0 Å². The van der Waals surface area contributed by atoms with Crippen molar-refractivity contribution in [1.82, 2.24) is 15.1 Å². The highest BCUT2D eigenvalue weighted by Gasteiger charge is 2.25. The highest BCUT2D eigenvalue weighted by atomic mass is 16.5. The average molecular weight is 265 g/mol. The SMILES string of the molecule is COCC(N)C(=O)N1CCN(c2cccnn2)CC1. The van der Waals surface area contributed by atoms with Gasteiger partial charge in [-0.05, 0) is 12.1 Å². The van der Waals surface area contributed by atoms with Gasteiger partial charge in [0, 0.05) is 39.5 Å². The fourth-order valence-electron chi connectivity index (χ4n) is 2.10. The first-order valence-electron chi connectivity index (χ1n) is 6.28. The summed E-state index contributed by atoms with van der Waals surface area (Å²) >= 11 is 0. The van der Waals surface area contributed by atoms with Gasteiger partial charge in [-0.15, -0.1) is 5.10 Å². The quantitative estimate of drug-likeness (QED) is 0.759. The molecule has 1 aromatic rings. The van der Waals surface area contributed by atoms with E-state index in [0.717, 1.165) is 18.9 Å². The maximum Gasteiger partial charge on any atom is 0.241 e. The van der Waals surface area contributed by atoms with Crippen molar-refractivity contribution in [2.75, 3.05) is 44.8 Å². The maximum absolute atomic E-state index is 12.0. The number of carbonyl (C=O) groups is 1. The van der Waals surface area contributed by atoms with Crippen LogP contribution in [0, 0.1) is 0 Å². The molecule has 0 spiro atoms. The minimum Gasteiger partial charge on any atom is -0.383 e. The number of hydrogen-bond donors (Lipinski definition) is 1. The van der Waals surface area contributed by atoms with Gasteiger partial charge >= 0.3 is 0 Å². The van der Waals surface area contributed by atoms with Crippen LogP contribution in [0.2, 0.25) is 0 Å². The second-order valence-corrected chi connectivity index (χ2v) is 4.46. The highest BCUT2D eigenvalue weighted by molar-refractivity contribution is 5.82. The molecule has 1 atom stereocenters. The number of hydrogen-bond acceptors (Lipinski definition) is 6. The molecule has 1 aliphatic rings. The Balaban J connectivity index is 1.87. The number of aromatic nitrogens is 2. The van der Waals surface area contributed by atoms with Crippen molar-refractivity contribution in [3.63, 3.8) is 0 Å². The van der Waals surface area contributed by atoms with Crippen LogP contribution in [0.3, 0.4) is 0 Å². The van der Waals surface area contributed by atoms with E-state index in [-0.39, 0.29) is 12.5 Å². The Morgan fingerprint density at radius 1 is 1.47 bits per heavy atom. The molecule has 2 N–H and O–H groups in total. The molecular formula is C12H19N5O2. The van der Waals surface area contributed by atoms with E-state index in [9.17, 15) is 4.79 Å². The second kappa shape index (κ2) is 6.44. The van der Waals surface area contributed by atoms with E-state index in [4.69, 9.17) is 10.5 Å². The molecule has 1 aromatic heterocycles. The van der Waals surface area contributed by atoms with Gasteiger partial charge in [0.2, 0.25) is 5.91 Å². The number of piperazine rings is 1. The maximum atomic E-state index is 12.0. The predicted octanol–water partition coefficient (Wildman–Crippen LogP) is -0.901. The molecule has 1 saturated heterocycles. The number of rotatable bonds is 4.